The SMILES string of the molecule is Cc1cc(OC2CN(C(=O)Cn3cnc4ccccc43)C2)n2ncnc2n1. The highest BCUT2D eigenvalue weighted by Gasteiger charge is 2.33. The summed E-state index contributed by atoms with van der Waals surface area (Å²) in [5.41, 5.74) is 2.66. The number of hydrogen-bond acceptors (Lipinski definition) is 6. The molecule has 0 radical (unpaired) electrons. The van der Waals surface area contributed by atoms with Gasteiger partial charge in [0.15, 0.2) is 0 Å². The molecule has 0 saturated carbocycles. The quantitative estimate of drug-likeness (QED) is 0.539. The molecule has 9 heteroatoms. The molecule has 0 spiro atoms. The number of nitrogens with zero attached hydrogens (tertiary/aromatic N) is 7. The monoisotopic (exact) mass is 363 g/mol. The number of imidazole rings is 1. The van der Waals surface area contributed by atoms with Gasteiger partial charge in [0, 0.05) is 11.8 Å². The van der Waals surface area contributed by atoms with Gasteiger partial charge >= 0.3 is 0 Å². The smallest absolute Gasteiger partial charge is 0.255 e. The van der Waals surface area contributed by atoms with Crippen molar-refractivity contribution in [3.8, 4) is 5.88 Å². The predicted molar refractivity (Wildman–Crippen MR) is 96.2 cm³/mol. The lowest BCUT2D eigenvalue weighted by Gasteiger charge is -2.38. The molecule has 9 nitrogen and oxygen atoms in total. The molecular weight excluding hydrogens is 346 g/mol. The van der Waals surface area contributed by atoms with Gasteiger partial charge in [-0.1, -0.05) is 12.1 Å². The number of amides is 1. The number of fused-ring (bicyclic) bond motifs is 2. The summed E-state index contributed by atoms with van der Waals surface area (Å²) < 4.78 is 9.43. The maximum atomic E-state index is 12.5. The number of likely N-dealkylation sites (tertiary alicyclic amines) is 1. The van der Waals surface area contributed by atoms with Crippen molar-refractivity contribution >= 4 is 22.7 Å². The van der Waals surface area contributed by atoms with Gasteiger partial charge in [0.25, 0.3) is 5.78 Å². The molecule has 0 aliphatic carbocycles. The summed E-state index contributed by atoms with van der Waals surface area (Å²) in [5.74, 6) is 1.15. The van der Waals surface area contributed by atoms with E-state index in [2.05, 4.69) is 20.1 Å². The average molecular weight is 363 g/mol. The lowest BCUT2D eigenvalue weighted by Crippen LogP contribution is -2.57. The number of carbonyl (C=O) groups excluding carboxylic acids is 1. The third-order valence-corrected chi connectivity index (χ3v) is 4.67. The zero-order valence-corrected chi connectivity index (χ0v) is 14.7. The summed E-state index contributed by atoms with van der Waals surface area (Å²) in [6.07, 6.45) is 3.08. The lowest BCUT2D eigenvalue weighted by molar-refractivity contribution is -0.140. The van der Waals surface area contributed by atoms with Gasteiger partial charge in [-0.05, 0) is 19.1 Å². The molecule has 4 aromatic rings. The molecule has 0 unspecified atom stereocenters. The summed E-state index contributed by atoms with van der Waals surface area (Å²) >= 11 is 0. The molecule has 1 saturated heterocycles. The molecule has 27 heavy (non-hydrogen) atoms. The summed E-state index contributed by atoms with van der Waals surface area (Å²) in [4.78, 5) is 27.0. The third kappa shape index (κ3) is 2.77. The first-order valence-electron chi connectivity index (χ1n) is 8.69. The van der Waals surface area contributed by atoms with Crippen LogP contribution in [0.3, 0.4) is 0 Å². The number of aromatic nitrogens is 6. The first-order chi connectivity index (χ1) is 13.2. The Morgan fingerprint density at radius 1 is 1.26 bits per heavy atom. The van der Waals surface area contributed by atoms with Crippen LogP contribution in [0.5, 0.6) is 5.88 Å². The molecule has 136 valence electrons. The van der Waals surface area contributed by atoms with E-state index in [1.54, 1.807) is 15.7 Å². The van der Waals surface area contributed by atoms with Gasteiger partial charge in [0.1, 0.15) is 19.0 Å². The standard InChI is InChI=1S/C18H17N7O2/c1-12-6-17(25-18(22-12)19-10-21-25)27-13-7-23(8-13)16(26)9-24-11-20-14-4-2-3-5-15(14)24/h2-6,10-11,13H,7-9H2,1H3. The first-order valence-corrected chi connectivity index (χ1v) is 8.69. The number of para-hydroxylation sites is 2. The minimum Gasteiger partial charge on any atom is -0.470 e. The van der Waals surface area contributed by atoms with Gasteiger partial charge in [-0.25, -0.2) is 9.97 Å². The Hall–Kier alpha value is -3.49. The maximum absolute atomic E-state index is 12.5. The van der Waals surface area contributed by atoms with Crippen LogP contribution in [0.1, 0.15) is 5.69 Å². The molecule has 4 heterocycles. The second-order valence-electron chi connectivity index (χ2n) is 6.61. The fourth-order valence-corrected chi connectivity index (χ4v) is 3.25. The number of aryl methyl sites for hydroxylation is 1. The predicted octanol–water partition coefficient (Wildman–Crippen LogP) is 1.07. The van der Waals surface area contributed by atoms with Crippen LogP contribution in [0.25, 0.3) is 16.8 Å². The number of benzene rings is 1. The molecule has 0 N–H and O–H groups in total. The van der Waals surface area contributed by atoms with Crippen LogP contribution in [0.4, 0.5) is 0 Å². The van der Waals surface area contributed by atoms with E-state index in [0.29, 0.717) is 24.7 Å². The van der Waals surface area contributed by atoms with Crippen molar-refractivity contribution in [2.75, 3.05) is 13.1 Å². The Morgan fingerprint density at radius 2 is 2.11 bits per heavy atom. The van der Waals surface area contributed by atoms with Crippen LogP contribution in [0.2, 0.25) is 0 Å². The molecule has 1 fully saturated rings. The second-order valence-corrected chi connectivity index (χ2v) is 6.61. The van der Waals surface area contributed by atoms with E-state index in [-0.39, 0.29) is 18.6 Å². The molecule has 1 amide bonds. The average Bonchev–Trinajstić information content (AvgIpc) is 3.24. The van der Waals surface area contributed by atoms with E-state index in [1.165, 1.54) is 6.33 Å². The fourth-order valence-electron chi connectivity index (χ4n) is 3.25. The number of hydrogen-bond donors (Lipinski definition) is 0. The van der Waals surface area contributed by atoms with Gasteiger partial charge in [-0.2, -0.15) is 14.6 Å². The topological polar surface area (TPSA) is 90.4 Å². The molecule has 0 atom stereocenters. The molecule has 1 aliphatic heterocycles. The third-order valence-electron chi connectivity index (χ3n) is 4.67. The summed E-state index contributed by atoms with van der Waals surface area (Å²) in [7, 11) is 0. The molecule has 5 rings (SSSR count). The van der Waals surface area contributed by atoms with Crippen molar-refractivity contribution in [1.82, 2.24) is 34.0 Å². The summed E-state index contributed by atoms with van der Waals surface area (Å²) in [5, 5.41) is 4.13. The van der Waals surface area contributed by atoms with E-state index >= 15 is 0 Å². The van der Waals surface area contributed by atoms with Crippen LogP contribution in [-0.2, 0) is 11.3 Å². The Kier molecular flexibility index (Phi) is 3.52. The van der Waals surface area contributed by atoms with Crippen molar-refractivity contribution in [3.05, 3.63) is 48.7 Å². The second kappa shape index (κ2) is 6.04. The zero-order valence-electron chi connectivity index (χ0n) is 14.7. The van der Waals surface area contributed by atoms with E-state index in [1.807, 2.05) is 41.8 Å². The summed E-state index contributed by atoms with van der Waals surface area (Å²) in [6, 6.07) is 9.60. The summed E-state index contributed by atoms with van der Waals surface area (Å²) in [6.45, 7) is 3.24. The van der Waals surface area contributed by atoms with Gasteiger partial charge in [0.05, 0.1) is 30.5 Å². The lowest BCUT2D eigenvalue weighted by atomic mass is 10.1. The Morgan fingerprint density at radius 3 is 3.00 bits per heavy atom. The minimum atomic E-state index is -0.0670. The molecule has 1 aromatic carbocycles. The van der Waals surface area contributed by atoms with Crippen molar-refractivity contribution in [2.45, 2.75) is 19.6 Å². The highest BCUT2D eigenvalue weighted by molar-refractivity contribution is 5.81. The van der Waals surface area contributed by atoms with Crippen molar-refractivity contribution in [2.24, 2.45) is 0 Å². The molecule has 0 bridgehead atoms. The largest absolute Gasteiger partial charge is 0.470 e. The number of rotatable bonds is 4. The normalized spacial score (nSPS) is 14.6. The van der Waals surface area contributed by atoms with Crippen LogP contribution >= 0.6 is 0 Å². The van der Waals surface area contributed by atoms with E-state index in [0.717, 1.165) is 16.7 Å². The first kappa shape index (κ1) is 15.7. The highest BCUT2D eigenvalue weighted by Crippen LogP contribution is 2.20. The van der Waals surface area contributed by atoms with Crippen LogP contribution < -0.4 is 4.74 Å². The minimum absolute atomic E-state index is 0.0508. The van der Waals surface area contributed by atoms with E-state index < -0.39 is 0 Å². The van der Waals surface area contributed by atoms with Crippen LogP contribution in [0, 0.1) is 6.92 Å². The Balaban J connectivity index is 1.24. The zero-order chi connectivity index (χ0) is 18.4. The van der Waals surface area contributed by atoms with Gasteiger partial charge in [0.2, 0.25) is 11.8 Å². The van der Waals surface area contributed by atoms with Gasteiger partial charge < -0.3 is 14.2 Å². The fraction of sp³-hybridized carbons (Fsp3) is 0.278. The maximum Gasteiger partial charge on any atom is 0.255 e. The molecule has 3 aromatic heterocycles. The Labute approximate surface area is 154 Å². The van der Waals surface area contributed by atoms with E-state index in [4.69, 9.17) is 4.74 Å². The molecular formula is C18H17N7O2. The molecule has 1 aliphatic rings. The van der Waals surface area contributed by atoms with Gasteiger partial charge in [-0.3, -0.25) is 4.79 Å². The van der Waals surface area contributed by atoms with Gasteiger partial charge in [-0.15, -0.1) is 0 Å². The van der Waals surface area contributed by atoms with Crippen LogP contribution in [-0.4, -0.2) is 59.1 Å². The van der Waals surface area contributed by atoms with Crippen molar-refractivity contribution in [3.63, 3.8) is 0 Å². The Bertz CT molecular complexity index is 1140. The van der Waals surface area contributed by atoms with Crippen molar-refractivity contribution < 1.29 is 9.53 Å². The highest BCUT2D eigenvalue weighted by atomic mass is 16.5. The number of carbonyl (C=O) groups is 1. The number of ether oxygens (including phenoxy) is 1. The van der Waals surface area contributed by atoms with E-state index in [9.17, 15) is 4.79 Å². The van der Waals surface area contributed by atoms with Crippen LogP contribution in [0.15, 0.2) is 43.0 Å². The van der Waals surface area contributed by atoms with Crippen molar-refractivity contribution in [1.29, 1.82) is 0 Å².